The van der Waals surface area contributed by atoms with Crippen LogP contribution >= 0.6 is 0 Å². The zero-order valence-corrected chi connectivity index (χ0v) is 12.1. The van der Waals surface area contributed by atoms with Gasteiger partial charge in [0, 0.05) is 6.42 Å². The lowest BCUT2D eigenvalue weighted by atomic mass is 9.98. The van der Waals surface area contributed by atoms with Gasteiger partial charge in [0.15, 0.2) is 0 Å². The van der Waals surface area contributed by atoms with Gasteiger partial charge in [-0.05, 0) is 42.4 Å². The van der Waals surface area contributed by atoms with Gasteiger partial charge in [-0.15, -0.1) is 0 Å². The van der Waals surface area contributed by atoms with Crippen LogP contribution in [0.2, 0.25) is 0 Å². The van der Waals surface area contributed by atoms with Gasteiger partial charge in [0.05, 0.1) is 6.61 Å². The zero-order valence-electron chi connectivity index (χ0n) is 12.1. The van der Waals surface area contributed by atoms with Gasteiger partial charge in [-0.25, -0.2) is 0 Å². The monoisotopic (exact) mass is 264 g/mol. The summed E-state index contributed by atoms with van der Waals surface area (Å²) in [5.74, 6) is 0.631. The number of carboxylic acids is 1. The molecule has 0 saturated carbocycles. The molecule has 1 aromatic carbocycles. The second-order valence-electron chi connectivity index (χ2n) is 5.12. The molecule has 0 bridgehead atoms. The van der Waals surface area contributed by atoms with Crippen LogP contribution in [0.25, 0.3) is 0 Å². The normalized spacial score (nSPS) is 10.7. The SMILES string of the molecule is CCCOc1ccc(C(C)C)cc1CCCC(=O)O. The molecule has 0 amide bonds. The van der Waals surface area contributed by atoms with E-state index in [9.17, 15) is 4.79 Å². The summed E-state index contributed by atoms with van der Waals surface area (Å²) in [6, 6.07) is 6.26. The van der Waals surface area contributed by atoms with Gasteiger partial charge >= 0.3 is 5.97 Å². The Morgan fingerprint density at radius 2 is 2.11 bits per heavy atom. The Morgan fingerprint density at radius 3 is 2.68 bits per heavy atom. The molecule has 3 nitrogen and oxygen atoms in total. The Bertz CT molecular complexity index is 410. The highest BCUT2D eigenvalue weighted by molar-refractivity contribution is 5.66. The highest BCUT2D eigenvalue weighted by Gasteiger charge is 2.08. The van der Waals surface area contributed by atoms with E-state index >= 15 is 0 Å². The van der Waals surface area contributed by atoms with Crippen molar-refractivity contribution in [3.63, 3.8) is 0 Å². The van der Waals surface area contributed by atoms with E-state index in [2.05, 4.69) is 32.9 Å². The largest absolute Gasteiger partial charge is 0.493 e. The van der Waals surface area contributed by atoms with Crippen LogP contribution < -0.4 is 4.74 Å². The van der Waals surface area contributed by atoms with Crippen molar-refractivity contribution in [1.82, 2.24) is 0 Å². The van der Waals surface area contributed by atoms with Crippen molar-refractivity contribution in [2.24, 2.45) is 0 Å². The molecule has 0 heterocycles. The van der Waals surface area contributed by atoms with Crippen molar-refractivity contribution in [2.45, 2.75) is 52.4 Å². The van der Waals surface area contributed by atoms with Gasteiger partial charge in [0.2, 0.25) is 0 Å². The Labute approximate surface area is 115 Å². The Morgan fingerprint density at radius 1 is 1.37 bits per heavy atom. The molecule has 0 radical (unpaired) electrons. The second kappa shape index (κ2) is 7.82. The lowest BCUT2D eigenvalue weighted by Crippen LogP contribution is -2.02. The number of rotatable bonds is 8. The van der Waals surface area contributed by atoms with Crippen molar-refractivity contribution in [2.75, 3.05) is 6.61 Å². The van der Waals surface area contributed by atoms with Gasteiger partial charge in [-0.3, -0.25) is 4.79 Å². The number of hydrogen-bond donors (Lipinski definition) is 1. The van der Waals surface area contributed by atoms with E-state index in [1.807, 2.05) is 6.07 Å². The molecule has 1 N–H and O–H groups in total. The Balaban J connectivity index is 2.80. The first kappa shape index (κ1) is 15.5. The van der Waals surface area contributed by atoms with Gasteiger partial charge < -0.3 is 9.84 Å². The van der Waals surface area contributed by atoms with Crippen LogP contribution in [0.5, 0.6) is 5.75 Å². The number of carboxylic acid groups (broad SMARTS) is 1. The summed E-state index contributed by atoms with van der Waals surface area (Å²) in [7, 11) is 0. The third-order valence-electron chi connectivity index (χ3n) is 3.05. The van der Waals surface area contributed by atoms with Gasteiger partial charge in [-0.2, -0.15) is 0 Å². The van der Waals surface area contributed by atoms with Gasteiger partial charge in [0.1, 0.15) is 5.75 Å². The lowest BCUT2D eigenvalue weighted by Gasteiger charge is -2.14. The average molecular weight is 264 g/mol. The van der Waals surface area contributed by atoms with Gasteiger partial charge in [-0.1, -0.05) is 32.9 Å². The summed E-state index contributed by atoms with van der Waals surface area (Å²) in [4.78, 5) is 10.6. The fourth-order valence-corrected chi connectivity index (χ4v) is 1.94. The maximum Gasteiger partial charge on any atom is 0.303 e. The van der Waals surface area contributed by atoms with Gasteiger partial charge in [0.25, 0.3) is 0 Å². The molecule has 19 heavy (non-hydrogen) atoms. The highest BCUT2D eigenvalue weighted by atomic mass is 16.5. The molecule has 0 atom stereocenters. The molecule has 1 rings (SSSR count). The molecule has 106 valence electrons. The van der Waals surface area contributed by atoms with Crippen LogP contribution in [-0.4, -0.2) is 17.7 Å². The molecule has 0 aliphatic carbocycles. The minimum Gasteiger partial charge on any atom is -0.493 e. The topological polar surface area (TPSA) is 46.5 Å². The first-order valence-electron chi connectivity index (χ1n) is 7.02. The summed E-state index contributed by atoms with van der Waals surface area (Å²) in [6.45, 7) is 7.09. The van der Waals surface area contributed by atoms with Crippen LogP contribution in [0, 0.1) is 0 Å². The molecule has 0 aliphatic rings. The average Bonchev–Trinajstić information content (AvgIpc) is 2.36. The lowest BCUT2D eigenvalue weighted by molar-refractivity contribution is -0.137. The Hall–Kier alpha value is -1.51. The van der Waals surface area contributed by atoms with E-state index in [0.717, 1.165) is 24.2 Å². The quantitative estimate of drug-likeness (QED) is 0.771. The molecule has 0 saturated heterocycles. The van der Waals surface area contributed by atoms with Crippen LogP contribution in [-0.2, 0) is 11.2 Å². The van der Waals surface area contributed by atoms with E-state index in [0.29, 0.717) is 18.9 Å². The van der Waals surface area contributed by atoms with Crippen LogP contribution in [0.15, 0.2) is 18.2 Å². The molecular weight excluding hydrogens is 240 g/mol. The van der Waals surface area contributed by atoms with E-state index in [1.165, 1.54) is 5.56 Å². The predicted molar refractivity (Wildman–Crippen MR) is 76.9 cm³/mol. The standard InChI is InChI=1S/C16H24O3/c1-4-10-19-15-9-8-13(12(2)3)11-14(15)6-5-7-16(17)18/h8-9,11-12H,4-7,10H2,1-3H3,(H,17,18). The second-order valence-corrected chi connectivity index (χ2v) is 5.12. The van der Waals surface area contributed by atoms with E-state index in [1.54, 1.807) is 0 Å². The van der Waals surface area contributed by atoms with E-state index < -0.39 is 5.97 Å². The summed E-state index contributed by atoms with van der Waals surface area (Å²) < 4.78 is 5.73. The van der Waals surface area contributed by atoms with Crippen molar-refractivity contribution >= 4 is 5.97 Å². The zero-order chi connectivity index (χ0) is 14.3. The number of carbonyl (C=O) groups is 1. The summed E-state index contributed by atoms with van der Waals surface area (Å²) in [5.41, 5.74) is 2.40. The molecule has 0 unspecified atom stereocenters. The van der Waals surface area contributed by atoms with Crippen LogP contribution in [0.1, 0.15) is 57.1 Å². The van der Waals surface area contributed by atoms with E-state index in [4.69, 9.17) is 9.84 Å². The minimum absolute atomic E-state index is 0.207. The molecule has 3 heteroatoms. The maximum absolute atomic E-state index is 10.6. The highest BCUT2D eigenvalue weighted by Crippen LogP contribution is 2.26. The third-order valence-corrected chi connectivity index (χ3v) is 3.05. The summed E-state index contributed by atoms with van der Waals surface area (Å²) >= 11 is 0. The van der Waals surface area contributed by atoms with E-state index in [-0.39, 0.29) is 6.42 Å². The Kier molecular flexibility index (Phi) is 6.40. The first-order chi connectivity index (χ1) is 9.04. The molecule has 0 aliphatic heterocycles. The van der Waals surface area contributed by atoms with Crippen LogP contribution in [0.4, 0.5) is 0 Å². The molecule has 1 aromatic rings. The first-order valence-corrected chi connectivity index (χ1v) is 7.02. The van der Waals surface area contributed by atoms with Crippen molar-refractivity contribution in [3.05, 3.63) is 29.3 Å². The maximum atomic E-state index is 10.6. The minimum atomic E-state index is -0.740. The number of aryl methyl sites for hydroxylation is 1. The summed E-state index contributed by atoms with van der Waals surface area (Å²) in [6.07, 6.45) is 2.59. The molecule has 0 aromatic heterocycles. The number of ether oxygens (including phenoxy) is 1. The molecular formula is C16H24O3. The molecule has 0 fully saturated rings. The number of aliphatic carboxylic acids is 1. The fourth-order valence-electron chi connectivity index (χ4n) is 1.94. The fraction of sp³-hybridized carbons (Fsp3) is 0.562. The number of hydrogen-bond acceptors (Lipinski definition) is 2. The van der Waals surface area contributed by atoms with Crippen molar-refractivity contribution in [1.29, 1.82) is 0 Å². The summed E-state index contributed by atoms with van der Waals surface area (Å²) in [5, 5.41) is 8.71. The molecule has 0 spiro atoms. The predicted octanol–water partition coefficient (Wildman–Crippen LogP) is 4.01. The van der Waals surface area contributed by atoms with Crippen LogP contribution in [0.3, 0.4) is 0 Å². The number of benzene rings is 1. The third kappa shape index (κ3) is 5.33. The van der Waals surface area contributed by atoms with Crippen molar-refractivity contribution < 1.29 is 14.6 Å². The smallest absolute Gasteiger partial charge is 0.303 e. The van der Waals surface area contributed by atoms with Crippen molar-refractivity contribution in [3.8, 4) is 5.75 Å².